The van der Waals surface area contributed by atoms with E-state index in [-0.39, 0.29) is 23.5 Å². The summed E-state index contributed by atoms with van der Waals surface area (Å²) in [5, 5.41) is 10.5. The second-order valence-electron chi connectivity index (χ2n) is 9.27. The molecule has 28 heavy (non-hydrogen) atoms. The molecule has 1 saturated heterocycles. The van der Waals surface area contributed by atoms with Crippen LogP contribution in [0.3, 0.4) is 0 Å². The zero-order valence-corrected chi connectivity index (χ0v) is 16.1. The van der Waals surface area contributed by atoms with Gasteiger partial charge in [-0.25, -0.2) is 0 Å². The number of aromatic hydroxyl groups is 1. The standard InChI is InChI=1S/C22H25NO5/c1-12(24)28-22-7-6-16(26)20-21(22)8-9-23(11-13-2-3-13)17(22)10-14-4-5-15(25)19(27-20)18(14)21/h4-5,13,17,20,25H,2-3,6-11H2,1H3/t17-,20+,21+,22-/m1/s1. The molecule has 1 aromatic rings. The molecule has 2 aliphatic heterocycles. The van der Waals surface area contributed by atoms with Crippen molar-refractivity contribution in [2.75, 3.05) is 13.1 Å². The molecule has 2 saturated carbocycles. The van der Waals surface area contributed by atoms with Crippen LogP contribution in [0.2, 0.25) is 0 Å². The minimum Gasteiger partial charge on any atom is -0.504 e. The number of rotatable bonds is 3. The van der Waals surface area contributed by atoms with E-state index in [1.54, 1.807) is 6.07 Å². The largest absolute Gasteiger partial charge is 0.504 e. The Morgan fingerprint density at radius 2 is 2.18 bits per heavy atom. The molecule has 0 aromatic heterocycles. The van der Waals surface area contributed by atoms with E-state index in [2.05, 4.69) is 4.90 Å². The van der Waals surface area contributed by atoms with Crippen LogP contribution in [0.1, 0.15) is 50.2 Å². The fourth-order valence-corrected chi connectivity index (χ4v) is 6.70. The van der Waals surface area contributed by atoms with Crippen molar-refractivity contribution in [1.82, 2.24) is 4.90 Å². The Hall–Kier alpha value is -2.08. The number of benzene rings is 1. The second kappa shape index (κ2) is 5.29. The van der Waals surface area contributed by atoms with E-state index < -0.39 is 17.1 Å². The summed E-state index contributed by atoms with van der Waals surface area (Å²) < 4.78 is 12.4. The van der Waals surface area contributed by atoms with Gasteiger partial charge in [0.1, 0.15) is 5.60 Å². The molecule has 1 aromatic carbocycles. The third-order valence-corrected chi connectivity index (χ3v) is 7.84. The Kier molecular flexibility index (Phi) is 3.18. The molecule has 6 rings (SSSR count). The quantitative estimate of drug-likeness (QED) is 0.806. The first-order valence-corrected chi connectivity index (χ1v) is 10.4. The average Bonchev–Trinajstić information content (AvgIpc) is 3.38. The zero-order valence-electron chi connectivity index (χ0n) is 16.1. The van der Waals surface area contributed by atoms with E-state index >= 15 is 0 Å². The van der Waals surface area contributed by atoms with Crippen LogP contribution in [0.15, 0.2) is 12.1 Å². The number of phenolic OH excluding ortho intramolecular Hbond substituents is 1. The van der Waals surface area contributed by atoms with E-state index in [1.807, 2.05) is 6.07 Å². The van der Waals surface area contributed by atoms with Crippen molar-refractivity contribution in [1.29, 1.82) is 0 Å². The van der Waals surface area contributed by atoms with Crippen LogP contribution in [-0.4, -0.2) is 52.6 Å². The van der Waals surface area contributed by atoms with Gasteiger partial charge in [0.25, 0.3) is 0 Å². The molecule has 2 bridgehead atoms. The molecule has 0 unspecified atom stereocenters. The first-order valence-electron chi connectivity index (χ1n) is 10.4. The minimum absolute atomic E-state index is 0.0490. The summed E-state index contributed by atoms with van der Waals surface area (Å²) in [6.45, 7) is 3.36. The molecular formula is C22H25NO5. The molecule has 5 aliphatic rings. The van der Waals surface area contributed by atoms with Crippen LogP contribution in [-0.2, 0) is 26.2 Å². The van der Waals surface area contributed by atoms with Gasteiger partial charge < -0.3 is 14.6 Å². The zero-order chi connectivity index (χ0) is 19.3. The Bertz CT molecular complexity index is 908. The molecule has 1 N–H and O–H groups in total. The van der Waals surface area contributed by atoms with Gasteiger partial charge >= 0.3 is 5.97 Å². The summed E-state index contributed by atoms with van der Waals surface area (Å²) >= 11 is 0. The molecule has 3 fully saturated rings. The second-order valence-corrected chi connectivity index (χ2v) is 9.27. The topological polar surface area (TPSA) is 76.1 Å². The smallest absolute Gasteiger partial charge is 0.303 e. The Morgan fingerprint density at radius 1 is 1.36 bits per heavy atom. The summed E-state index contributed by atoms with van der Waals surface area (Å²) in [6.07, 6.45) is 4.22. The van der Waals surface area contributed by atoms with Gasteiger partial charge in [0, 0.05) is 25.5 Å². The summed E-state index contributed by atoms with van der Waals surface area (Å²) in [5.41, 5.74) is 0.601. The number of ether oxygens (including phenoxy) is 2. The van der Waals surface area contributed by atoms with Gasteiger partial charge in [-0.3, -0.25) is 14.5 Å². The number of carbonyl (C=O) groups excluding carboxylic acids is 2. The van der Waals surface area contributed by atoms with Gasteiger partial charge in [-0.1, -0.05) is 6.07 Å². The average molecular weight is 383 g/mol. The van der Waals surface area contributed by atoms with E-state index in [1.165, 1.54) is 19.8 Å². The molecule has 0 radical (unpaired) electrons. The highest BCUT2D eigenvalue weighted by Crippen LogP contribution is 2.66. The predicted molar refractivity (Wildman–Crippen MR) is 99.3 cm³/mol. The molecule has 2 heterocycles. The van der Waals surface area contributed by atoms with Crippen molar-refractivity contribution in [2.45, 2.75) is 68.6 Å². The van der Waals surface area contributed by atoms with E-state index in [4.69, 9.17) is 9.47 Å². The number of piperidine rings is 1. The molecule has 0 amide bonds. The van der Waals surface area contributed by atoms with Gasteiger partial charge in [-0.15, -0.1) is 0 Å². The van der Waals surface area contributed by atoms with Crippen molar-refractivity contribution in [2.24, 2.45) is 5.92 Å². The highest BCUT2D eigenvalue weighted by Gasteiger charge is 2.75. The first kappa shape index (κ1) is 16.8. The van der Waals surface area contributed by atoms with Crippen molar-refractivity contribution in [3.63, 3.8) is 0 Å². The number of carbonyl (C=O) groups is 2. The number of phenols is 1. The van der Waals surface area contributed by atoms with Gasteiger partial charge in [-0.05, 0) is 56.2 Å². The SMILES string of the molecule is CC(=O)O[C@@]12CCC(=O)[C@@H]3Oc4c(O)ccc5c4[C@@]31CCN(CC1CC1)[C@@H]2C5. The summed E-state index contributed by atoms with van der Waals surface area (Å²) in [4.78, 5) is 27.8. The van der Waals surface area contributed by atoms with Crippen LogP contribution in [0, 0.1) is 5.92 Å². The van der Waals surface area contributed by atoms with Crippen molar-refractivity contribution < 1.29 is 24.2 Å². The van der Waals surface area contributed by atoms with Crippen LogP contribution in [0.25, 0.3) is 0 Å². The molecule has 3 aliphatic carbocycles. The van der Waals surface area contributed by atoms with E-state index in [0.717, 1.165) is 36.6 Å². The number of nitrogens with zero attached hydrogens (tertiary/aromatic N) is 1. The van der Waals surface area contributed by atoms with Crippen molar-refractivity contribution in [3.8, 4) is 11.5 Å². The van der Waals surface area contributed by atoms with E-state index in [0.29, 0.717) is 25.0 Å². The van der Waals surface area contributed by atoms with Crippen LogP contribution in [0.4, 0.5) is 0 Å². The Balaban J connectivity index is 1.60. The monoisotopic (exact) mass is 383 g/mol. The molecule has 1 spiro atoms. The number of hydrogen-bond acceptors (Lipinski definition) is 6. The third-order valence-electron chi connectivity index (χ3n) is 7.84. The summed E-state index contributed by atoms with van der Waals surface area (Å²) in [6, 6.07) is 3.69. The minimum atomic E-state index is -0.767. The predicted octanol–water partition coefficient (Wildman–Crippen LogP) is 2.10. The molecule has 6 nitrogen and oxygen atoms in total. The van der Waals surface area contributed by atoms with Crippen molar-refractivity contribution in [3.05, 3.63) is 23.3 Å². The highest BCUT2D eigenvalue weighted by molar-refractivity contribution is 5.90. The lowest BCUT2D eigenvalue weighted by atomic mass is 9.48. The maximum Gasteiger partial charge on any atom is 0.303 e. The highest BCUT2D eigenvalue weighted by atomic mass is 16.6. The van der Waals surface area contributed by atoms with E-state index in [9.17, 15) is 14.7 Å². The van der Waals surface area contributed by atoms with Crippen molar-refractivity contribution >= 4 is 11.8 Å². The third kappa shape index (κ3) is 1.87. The molecule has 6 heteroatoms. The van der Waals surface area contributed by atoms with Crippen LogP contribution in [0.5, 0.6) is 11.5 Å². The number of likely N-dealkylation sites (tertiary alicyclic amines) is 1. The number of hydrogen-bond donors (Lipinski definition) is 1. The molecular weight excluding hydrogens is 358 g/mol. The lowest BCUT2D eigenvalue weighted by molar-refractivity contribution is -0.214. The van der Waals surface area contributed by atoms with Gasteiger partial charge in [0.2, 0.25) is 0 Å². The Labute approximate surface area is 163 Å². The number of ketones is 1. The summed E-state index contributed by atoms with van der Waals surface area (Å²) in [5.74, 6) is 0.999. The first-order chi connectivity index (χ1) is 13.5. The lowest BCUT2D eigenvalue weighted by Crippen LogP contribution is -2.77. The van der Waals surface area contributed by atoms with Gasteiger partial charge in [0.15, 0.2) is 23.4 Å². The van der Waals surface area contributed by atoms with Crippen LogP contribution < -0.4 is 4.74 Å². The van der Waals surface area contributed by atoms with Crippen LogP contribution >= 0.6 is 0 Å². The fraction of sp³-hybridized carbons (Fsp3) is 0.636. The lowest BCUT2D eigenvalue weighted by Gasteiger charge is -2.63. The summed E-state index contributed by atoms with van der Waals surface area (Å²) in [7, 11) is 0. The van der Waals surface area contributed by atoms with Gasteiger partial charge in [-0.2, -0.15) is 0 Å². The fourth-order valence-electron chi connectivity index (χ4n) is 6.70. The normalized spacial score (nSPS) is 38.0. The Morgan fingerprint density at radius 3 is 2.93 bits per heavy atom. The number of Topliss-reactive ketones (excluding diaryl/α,β-unsaturated/α-hetero) is 1. The number of esters is 1. The maximum atomic E-state index is 13.0. The maximum absolute atomic E-state index is 13.0. The molecule has 4 atom stereocenters. The molecule has 148 valence electrons. The van der Waals surface area contributed by atoms with Gasteiger partial charge in [0.05, 0.1) is 11.5 Å².